The van der Waals surface area contributed by atoms with Crippen molar-refractivity contribution in [2.45, 2.75) is 25.2 Å². The van der Waals surface area contributed by atoms with Crippen LogP contribution < -0.4 is 9.88 Å². The zero-order valence-electron chi connectivity index (χ0n) is 8.86. The lowest BCUT2D eigenvalue weighted by atomic mass is 10.2. The quantitative estimate of drug-likeness (QED) is 0.849. The van der Waals surface area contributed by atoms with Crippen molar-refractivity contribution in [1.29, 1.82) is 0 Å². The smallest absolute Gasteiger partial charge is 0.241 e. The zero-order chi connectivity index (χ0) is 11.5. The van der Waals surface area contributed by atoms with Crippen LogP contribution in [0.15, 0.2) is 23.1 Å². The highest BCUT2D eigenvalue weighted by Gasteiger charge is 2.16. The molecule has 84 valence electrons. The Bertz CT molecular complexity index is 440. The van der Waals surface area contributed by atoms with Crippen molar-refractivity contribution in [3.63, 3.8) is 0 Å². The van der Waals surface area contributed by atoms with Crippen LogP contribution in [-0.2, 0) is 10.0 Å². The first-order valence-electron chi connectivity index (χ1n) is 4.72. The molecule has 1 aromatic carbocycles. The maximum atomic E-state index is 11.3. The zero-order valence-corrected chi connectivity index (χ0v) is 9.67. The maximum absolute atomic E-state index is 11.3. The predicted molar refractivity (Wildman–Crippen MR) is 58.3 cm³/mol. The molecule has 0 atom stereocenters. The van der Waals surface area contributed by atoms with Gasteiger partial charge in [-0.05, 0) is 25.0 Å². The average molecular weight is 229 g/mol. The van der Waals surface area contributed by atoms with Gasteiger partial charge in [0.2, 0.25) is 10.0 Å². The maximum Gasteiger partial charge on any atom is 0.241 e. The standard InChI is InChI=1S/C10H15NO3S/c1-3-7-14-10-8(2)5-4-6-9(10)15(11,12)13/h4-6H,3,7H2,1-2H3,(H2,11,12,13). The van der Waals surface area contributed by atoms with Crippen LogP contribution in [0, 0.1) is 6.92 Å². The fourth-order valence-electron chi connectivity index (χ4n) is 1.24. The van der Waals surface area contributed by atoms with E-state index in [0.717, 1.165) is 12.0 Å². The van der Waals surface area contributed by atoms with Gasteiger partial charge in [0.1, 0.15) is 10.6 Å². The molecule has 0 heterocycles. The summed E-state index contributed by atoms with van der Waals surface area (Å²) in [6, 6.07) is 4.89. The molecule has 0 saturated heterocycles. The summed E-state index contributed by atoms with van der Waals surface area (Å²) in [5.41, 5.74) is 0.773. The molecule has 0 unspecified atom stereocenters. The average Bonchev–Trinajstić information content (AvgIpc) is 2.14. The first kappa shape index (κ1) is 12.0. The van der Waals surface area contributed by atoms with Crippen molar-refractivity contribution >= 4 is 10.0 Å². The molecule has 0 saturated carbocycles. The summed E-state index contributed by atoms with van der Waals surface area (Å²) in [4.78, 5) is 0.0518. The van der Waals surface area contributed by atoms with Crippen LogP contribution in [0.25, 0.3) is 0 Å². The molecule has 5 heteroatoms. The van der Waals surface area contributed by atoms with E-state index in [1.54, 1.807) is 19.1 Å². The molecule has 15 heavy (non-hydrogen) atoms. The SMILES string of the molecule is CCCOc1c(C)cccc1S(N)(=O)=O. The first-order chi connectivity index (χ1) is 6.96. The van der Waals surface area contributed by atoms with Gasteiger partial charge in [-0.2, -0.15) is 0 Å². The van der Waals surface area contributed by atoms with E-state index < -0.39 is 10.0 Å². The molecule has 0 amide bonds. The van der Waals surface area contributed by atoms with E-state index in [1.165, 1.54) is 6.07 Å². The second kappa shape index (κ2) is 4.63. The van der Waals surface area contributed by atoms with Gasteiger partial charge < -0.3 is 4.74 Å². The van der Waals surface area contributed by atoms with Crippen LogP contribution in [-0.4, -0.2) is 15.0 Å². The van der Waals surface area contributed by atoms with Crippen molar-refractivity contribution in [3.05, 3.63) is 23.8 Å². The fraction of sp³-hybridized carbons (Fsp3) is 0.400. The fourth-order valence-corrected chi connectivity index (χ4v) is 1.99. The summed E-state index contributed by atoms with van der Waals surface area (Å²) in [6.45, 7) is 4.22. The minimum atomic E-state index is -3.71. The van der Waals surface area contributed by atoms with Crippen molar-refractivity contribution in [2.75, 3.05) is 6.61 Å². The minimum Gasteiger partial charge on any atom is -0.492 e. The van der Waals surface area contributed by atoms with Crippen molar-refractivity contribution in [1.82, 2.24) is 0 Å². The summed E-state index contributed by atoms with van der Waals surface area (Å²) in [5, 5.41) is 5.09. The molecule has 0 fully saturated rings. The lowest BCUT2D eigenvalue weighted by Crippen LogP contribution is -2.14. The van der Waals surface area contributed by atoms with Crippen molar-refractivity contribution in [2.24, 2.45) is 5.14 Å². The highest BCUT2D eigenvalue weighted by molar-refractivity contribution is 7.89. The molecule has 0 aliphatic carbocycles. The topological polar surface area (TPSA) is 69.4 Å². The Morgan fingerprint density at radius 1 is 1.40 bits per heavy atom. The Balaban J connectivity index is 3.21. The Labute approximate surface area is 90.1 Å². The number of benzene rings is 1. The van der Waals surface area contributed by atoms with Gasteiger partial charge in [-0.3, -0.25) is 0 Å². The predicted octanol–water partition coefficient (Wildman–Crippen LogP) is 1.43. The molecule has 1 rings (SSSR count). The van der Waals surface area contributed by atoms with E-state index in [1.807, 2.05) is 6.92 Å². The number of ether oxygens (including phenoxy) is 1. The van der Waals surface area contributed by atoms with E-state index >= 15 is 0 Å². The molecule has 4 nitrogen and oxygen atoms in total. The van der Waals surface area contributed by atoms with Crippen LogP contribution in [0.4, 0.5) is 0 Å². The number of hydrogen-bond acceptors (Lipinski definition) is 3. The summed E-state index contributed by atoms with van der Waals surface area (Å²) >= 11 is 0. The van der Waals surface area contributed by atoms with Gasteiger partial charge in [0.15, 0.2) is 0 Å². The normalized spacial score (nSPS) is 11.4. The monoisotopic (exact) mass is 229 g/mol. The minimum absolute atomic E-state index is 0.0518. The Morgan fingerprint density at radius 3 is 2.60 bits per heavy atom. The van der Waals surface area contributed by atoms with E-state index in [-0.39, 0.29) is 4.90 Å². The van der Waals surface area contributed by atoms with Crippen LogP contribution in [0.3, 0.4) is 0 Å². The molecular weight excluding hydrogens is 214 g/mol. The van der Waals surface area contributed by atoms with Crippen molar-refractivity contribution < 1.29 is 13.2 Å². The first-order valence-corrected chi connectivity index (χ1v) is 6.26. The number of hydrogen-bond donors (Lipinski definition) is 1. The summed E-state index contributed by atoms with van der Waals surface area (Å²) in [6.07, 6.45) is 0.818. The number of para-hydroxylation sites is 1. The van der Waals surface area contributed by atoms with E-state index in [4.69, 9.17) is 9.88 Å². The van der Waals surface area contributed by atoms with E-state index in [9.17, 15) is 8.42 Å². The highest BCUT2D eigenvalue weighted by Crippen LogP contribution is 2.26. The molecule has 0 bridgehead atoms. The van der Waals surface area contributed by atoms with E-state index in [2.05, 4.69) is 0 Å². The second-order valence-electron chi connectivity index (χ2n) is 3.30. The lowest BCUT2D eigenvalue weighted by molar-refractivity contribution is 0.307. The lowest BCUT2D eigenvalue weighted by Gasteiger charge is -2.11. The van der Waals surface area contributed by atoms with Gasteiger partial charge in [-0.1, -0.05) is 19.1 Å². The van der Waals surface area contributed by atoms with Gasteiger partial charge in [0.25, 0.3) is 0 Å². The van der Waals surface area contributed by atoms with Crippen LogP contribution in [0.5, 0.6) is 5.75 Å². The molecule has 0 spiro atoms. The summed E-state index contributed by atoms with van der Waals surface area (Å²) in [7, 11) is -3.71. The number of aryl methyl sites for hydroxylation is 1. The molecule has 0 aliphatic rings. The van der Waals surface area contributed by atoms with Gasteiger partial charge in [-0.15, -0.1) is 0 Å². The summed E-state index contributed by atoms with van der Waals surface area (Å²) < 4.78 is 27.9. The number of sulfonamides is 1. The third-order valence-electron chi connectivity index (χ3n) is 1.93. The van der Waals surface area contributed by atoms with Gasteiger partial charge in [0, 0.05) is 0 Å². The number of rotatable bonds is 4. The molecule has 0 aromatic heterocycles. The molecule has 2 N–H and O–H groups in total. The van der Waals surface area contributed by atoms with Crippen LogP contribution >= 0.6 is 0 Å². The third kappa shape index (κ3) is 2.94. The largest absolute Gasteiger partial charge is 0.492 e. The van der Waals surface area contributed by atoms with Crippen LogP contribution in [0.2, 0.25) is 0 Å². The van der Waals surface area contributed by atoms with Gasteiger partial charge in [-0.25, -0.2) is 13.6 Å². The summed E-state index contributed by atoms with van der Waals surface area (Å²) in [5.74, 6) is 0.363. The highest BCUT2D eigenvalue weighted by atomic mass is 32.2. The van der Waals surface area contributed by atoms with Crippen molar-refractivity contribution in [3.8, 4) is 5.75 Å². The van der Waals surface area contributed by atoms with Crippen LogP contribution in [0.1, 0.15) is 18.9 Å². The molecule has 0 aliphatic heterocycles. The molecule has 0 radical (unpaired) electrons. The number of primary sulfonamides is 1. The third-order valence-corrected chi connectivity index (χ3v) is 2.87. The Morgan fingerprint density at radius 2 is 2.07 bits per heavy atom. The second-order valence-corrected chi connectivity index (χ2v) is 4.83. The van der Waals surface area contributed by atoms with Gasteiger partial charge in [0.05, 0.1) is 6.61 Å². The molecule has 1 aromatic rings. The Kier molecular flexibility index (Phi) is 3.71. The van der Waals surface area contributed by atoms with Gasteiger partial charge >= 0.3 is 0 Å². The van der Waals surface area contributed by atoms with E-state index in [0.29, 0.717) is 12.4 Å². The Hall–Kier alpha value is -1.07. The number of nitrogens with two attached hydrogens (primary N) is 1. The molecular formula is C10H15NO3S.